The summed E-state index contributed by atoms with van der Waals surface area (Å²) in [6.45, 7) is 3.17. The smallest absolute Gasteiger partial charge is 0.246 e. The van der Waals surface area contributed by atoms with Gasteiger partial charge in [-0.2, -0.15) is 4.31 Å². The Labute approximate surface area is 159 Å². The van der Waals surface area contributed by atoms with Gasteiger partial charge < -0.3 is 14.2 Å². The van der Waals surface area contributed by atoms with E-state index in [9.17, 15) is 8.42 Å². The highest BCUT2D eigenvalue weighted by Crippen LogP contribution is 2.39. The summed E-state index contributed by atoms with van der Waals surface area (Å²) in [4.78, 5) is 0.246. The topological polar surface area (TPSA) is 65.1 Å². The van der Waals surface area contributed by atoms with Crippen molar-refractivity contribution in [2.45, 2.75) is 30.6 Å². The molecule has 4 rings (SSSR count). The molecule has 7 heteroatoms. The Kier molecular flexibility index (Phi) is 4.74. The highest BCUT2D eigenvalue weighted by Gasteiger charge is 2.35. The normalized spacial score (nSPS) is 19.4. The number of hydrogen-bond donors (Lipinski definition) is 0. The Morgan fingerprint density at radius 2 is 1.96 bits per heavy atom. The first-order chi connectivity index (χ1) is 13.0. The molecule has 1 unspecified atom stereocenters. The molecule has 2 aromatic rings. The third-order valence-corrected chi connectivity index (χ3v) is 7.16. The zero-order valence-corrected chi connectivity index (χ0v) is 16.3. The summed E-state index contributed by atoms with van der Waals surface area (Å²) in [5, 5.41) is 0. The largest absolute Gasteiger partial charge is 0.495 e. The standard InChI is InChI=1S/C20H23NO5S/c1-3-14-4-6-18(24-2)20(10-14)27(22,23)21-9-8-16(12-21)15-5-7-17-19(11-15)26-13-25-17/h4-7,10-11,16H,3,8-9,12-13H2,1-2H3. The number of sulfonamides is 1. The summed E-state index contributed by atoms with van der Waals surface area (Å²) < 4.78 is 44.2. The predicted molar refractivity (Wildman–Crippen MR) is 101 cm³/mol. The number of fused-ring (bicyclic) bond motifs is 1. The summed E-state index contributed by atoms with van der Waals surface area (Å²) in [5.41, 5.74) is 2.05. The lowest BCUT2D eigenvalue weighted by atomic mass is 9.98. The number of benzene rings is 2. The van der Waals surface area contributed by atoms with Gasteiger partial charge in [-0.05, 0) is 54.2 Å². The molecular formula is C20H23NO5S. The monoisotopic (exact) mass is 389 g/mol. The van der Waals surface area contributed by atoms with Crippen molar-refractivity contribution in [1.29, 1.82) is 0 Å². The molecule has 0 amide bonds. The van der Waals surface area contributed by atoms with Crippen molar-refractivity contribution >= 4 is 10.0 Å². The van der Waals surface area contributed by atoms with E-state index in [2.05, 4.69) is 0 Å². The molecule has 0 radical (unpaired) electrons. The molecule has 2 aliphatic heterocycles. The second-order valence-corrected chi connectivity index (χ2v) is 8.71. The molecule has 0 aromatic heterocycles. The molecule has 144 valence electrons. The van der Waals surface area contributed by atoms with E-state index in [1.165, 1.54) is 7.11 Å². The zero-order valence-electron chi connectivity index (χ0n) is 15.5. The third-order valence-electron chi connectivity index (χ3n) is 5.27. The van der Waals surface area contributed by atoms with E-state index >= 15 is 0 Å². The molecule has 0 N–H and O–H groups in total. The van der Waals surface area contributed by atoms with Gasteiger partial charge in [-0.15, -0.1) is 0 Å². The van der Waals surface area contributed by atoms with Gasteiger partial charge in [0, 0.05) is 13.1 Å². The van der Waals surface area contributed by atoms with Crippen LogP contribution >= 0.6 is 0 Å². The van der Waals surface area contributed by atoms with E-state index in [4.69, 9.17) is 14.2 Å². The SMILES string of the molecule is CCc1ccc(OC)c(S(=O)(=O)N2CCC(c3ccc4c(c3)OCO4)C2)c1. The van der Waals surface area contributed by atoms with Gasteiger partial charge in [0.15, 0.2) is 11.5 Å². The predicted octanol–water partition coefficient (Wildman–Crippen LogP) is 3.16. The highest BCUT2D eigenvalue weighted by atomic mass is 32.2. The van der Waals surface area contributed by atoms with E-state index in [0.29, 0.717) is 18.8 Å². The van der Waals surface area contributed by atoms with Gasteiger partial charge in [-0.3, -0.25) is 0 Å². The molecular weight excluding hydrogens is 366 g/mol. The first kappa shape index (κ1) is 18.1. The summed E-state index contributed by atoms with van der Waals surface area (Å²) >= 11 is 0. The molecule has 27 heavy (non-hydrogen) atoms. The maximum absolute atomic E-state index is 13.2. The van der Waals surface area contributed by atoms with Gasteiger partial charge in [-0.1, -0.05) is 19.1 Å². The van der Waals surface area contributed by atoms with Crippen molar-refractivity contribution in [3.63, 3.8) is 0 Å². The molecule has 2 heterocycles. The van der Waals surface area contributed by atoms with E-state index in [-0.39, 0.29) is 17.6 Å². The van der Waals surface area contributed by atoms with Gasteiger partial charge in [0.05, 0.1) is 7.11 Å². The maximum atomic E-state index is 13.2. The van der Waals surface area contributed by atoms with E-state index in [0.717, 1.165) is 35.5 Å². The molecule has 1 saturated heterocycles. The van der Waals surface area contributed by atoms with Gasteiger partial charge in [0.2, 0.25) is 16.8 Å². The van der Waals surface area contributed by atoms with Crippen LogP contribution in [0.4, 0.5) is 0 Å². The van der Waals surface area contributed by atoms with Crippen LogP contribution in [0.2, 0.25) is 0 Å². The first-order valence-corrected chi connectivity index (χ1v) is 10.5. The van der Waals surface area contributed by atoms with Crippen LogP contribution in [0, 0.1) is 0 Å². The lowest BCUT2D eigenvalue weighted by Gasteiger charge is -2.19. The Hall–Kier alpha value is -2.25. The summed E-state index contributed by atoms with van der Waals surface area (Å²) in [6.07, 6.45) is 1.54. The van der Waals surface area contributed by atoms with Crippen molar-refractivity contribution < 1.29 is 22.6 Å². The van der Waals surface area contributed by atoms with Crippen LogP contribution in [-0.4, -0.2) is 39.7 Å². The van der Waals surface area contributed by atoms with E-state index < -0.39 is 10.0 Å². The molecule has 2 aromatic carbocycles. The molecule has 0 bridgehead atoms. The first-order valence-electron chi connectivity index (χ1n) is 9.09. The number of aryl methyl sites for hydroxylation is 1. The van der Waals surface area contributed by atoms with Gasteiger partial charge in [0.1, 0.15) is 10.6 Å². The van der Waals surface area contributed by atoms with Crippen molar-refractivity contribution in [3.8, 4) is 17.2 Å². The Balaban J connectivity index is 1.59. The number of hydrogen-bond acceptors (Lipinski definition) is 5. The molecule has 0 saturated carbocycles. The highest BCUT2D eigenvalue weighted by molar-refractivity contribution is 7.89. The Morgan fingerprint density at radius 1 is 1.15 bits per heavy atom. The fourth-order valence-corrected chi connectivity index (χ4v) is 5.37. The second-order valence-electron chi connectivity index (χ2n) is 6.80. The van der Waals surface area contributed by atoms with Gasteiger partial charge >= 0.3 is 0 Å². The summed E-state index contributed by atoms with van der Waals surface area (Å²) in [5.74, 6) is 1.99. The van der Waals surface area contributed by atoms with Crippen LogP contribution in [0.15, 0.2) is 41.3 Å². The molecule has 1 fully saturated rings. The minimum atomic E-state index is -3.61. The Morgan fingerprint density at radius 3 is 2.74 bits per heavy atom. The van der Waals surface area contributed by atoms with Crippen LogP contribution in [0.3, 0.4) is 0 Å². The Bertz CT molecular complexity index is 957. The van der Waals surface area contributed by atoms with Crippen LogP contribution in [0.25, 0.3) is 0 Å². The van der Waals surface area contributed by atoms with Crippen molar-refractivity contribution in [2.75, 3.05) is 27.0 Å². The van der Waals surface area contributed by atoms with Gasteiger partial charge in [0.25, 0.3) is 0 Å². The minimum absolute atomic E-state index is 0.134. The number of nitrogens with zero attached hydrogens (tertiary/aromatic N) is 1. The zero-order chi connectivity index (χ0) is 19.0. The van der Waals surface area contributed by atoms with Crippen molar-refractivity contribution in [1.82, 2.24) is 4.31 Å². The van der Waals surface area contributed by atoms with Crippen LogP contribution in [-0.2, 0) is 16.4 Å². The molecule has 2 aliphatic rings. The fraction of sp³-hybridized carbons (Fsp3) is 0.400. The van der Waals surface area contributed by atoms with Crippen LogP contribution in [0.5, 0.6) is 17.2 Å². The molecule has 1 atom stereocenters. The lowest BCUT2D eigenvalue weighted by molar-refractivity contribution is 0.174. The van der Waals surface area contributed by atoms with Crippen LogP contribution < -0.4 is 14.2 Å². The number of rotatable bonds is 5. The summed E-state index contributed by atoms with van der Waals surface area (Å²) in [6, 6.07) is 11.2. The number of methoxy groups -OCH3 is 1. The maximum Gasteiger partial charge on any atom is 0.246 e. The summed E-state index contributed by atoms with van der Waals surface area (Å²) in [7, 11) is -2.11. The number of ether oxygens (including phenoxy) is 3. The van der Waals surface area contributed by atoms with E-state index in [1.54, 1.807) is 16.4 Å². The van der Waals surface area contributed by atoms with Crippen molar-refractivity contribution in [3.05, 3.63) is 47.5 Å². The minimum Gasteiger partial charge on any atom is -0.495 e. The average molecular weight is 389 g/mol. The molecule has 0 aliphatic carbocycles. The average Bonchev–Trinajstić information content (AvgIpc) is 3.36. The quantitative estimate of drug-likeness (QED) is 0.786. The van der Waals surface area contributed by atoms with E-state index in [1.807, 2.05) is 31.2 Å². The lowest BCUT2D eigenvalue weighted by Crippen LogP contribution is -2.29. The third kappa shape index (κ3) is 3.26. The van der Waals surface area contributed by atoms with Crippen LogP contribution in [0.1, 0.15) is 30.4 Å². The van der Waals surface area contributed by atoms with Crippen molar-refractivity contribution in [2.24, 2.45) is 0 Å². The second kappa shape index (κ2) is 7.05. The molecule has 0 spiro atoms. The molecule has 6 nitrogen and oxygen atoms in total. The van der Waals surface area contributed by atoms with Gasteiger partial charge in [-0.25, -0.2) is 8.42 Å². The fourth-order valence-electron chi connectivity index (χ4n) is 3.67.